The molecule has 0 saturated carbocycles. The minimum Gasteiger partial charge on any atom is -0.507 e. The largest absolute Gasteiger partial charge is 0.507 e. The second-order valence-corrected chi connectivity index (χ2v) is 4.23. The molecule has 96 valence electrons. The standard InChI is InChI=1S/C14H8N4O2/c15-18-8-5-6-11-10(7-8)14(20)17-13(16-11)9-3-1-2-4-12(9)19/h1-7H,(H-,16,17,19,20)/p+1. The normalized spacial score (nSPS) is 10.3. The van der Waals surface area contributed by atoms with Crippen LogP contribution in [0.3, 0.4) is 0 Å². The second-order valence-electron chi connectivity index (χ2n) is 4.23. The number of nitrogens with one attached hydrogen (secondary N) is 1. The van der Waals surface area contributed by atoms with Gasteiger partial charge < -0.3 is 10.1 Å². The van der Waals surface area contributed by atoms with Gasteiger partial charge in [0.2, 0.25) is 5.39 Å². The highest BCUT2D eigenvalue weighted by atomic mass is 16.3. The van der Waals surface area contributed by atoms with Crippen LogP contribution in [0.5, 0.6) is 5.75 Å². The number of aromatic nitrogens is 2. The van der Waals surface area contributed by atoms with Gasteiger partial charge in [-0.15, -0.1) is 0 Å². The van der Waals surface area contributed by atoms with Crippen molar-refractivity contribution in [1.29, 1.82) is 5.39 Å². The summed E-state index contributed by atoms with van der Waals surface area (Å²) in [4.78, 5) is 22.0. The number of hydrogen-bond donors (Lipinski definition) is 2. The lowest BCUT2D eigenvalue weighted by Crippen LogP contribution is -2.09. The topological polar surface area (TPSA) is 94.1 Å². The molecular weight excluding hydrogens is 256 g/mol. The quantitative estimate of drug-likeness (QED) is 0.661. The Labute approximate surface area is 113 Å². The fraction of sp³-hybridized carbons (Fsp3) is 0. The molecule has 2 N–H and O–H groups in total. The average Bonchev–Trinajstić information content (AvgIpc) is 2.47. The molecule has 0 spiro atoms. The van der Waals surface area contributed by atoms with Crippen LogP contribution < -0.4 is 5.56 Å². The van der Waals surface area contributed by atoms with Gasteiger partial charge in [0.15, 0.2) is 4.98 Å². The molecule has 0 aliphatic rings. The monoisotopic (exact) mass is 265 g/mol. The molecule has 0 aliphatic heterocycles. The zero-order valence-corrected chi connectivity index (χ0v) is 10.2. The number of aromatic hydroxyl groups is 1. The SMILES string of the molecule is N#[N+]c1ccc2nc(-c3ccccc3O)[nH]c(=O)c2c1. The number of aromatic amines is 1. The molecule has 6 heteroatoms. The fourth-order valence-electron chi connectivity index (χ4n) is 1.99. The summed E-state index contributed by atoms with van der Waals surface area (Å²) < 4.78 is 0. The molecule has 20 heavy (non-hydrogen) atoms. The van der Waals surface area contributed by atoms with Crippen LogP contribution in [-0.2, 0) is 0 Å². The summed E-state index contributed by atoms with van der Waals surface area (Å²) in [6.45, 7) is 0. The third-order valence-corrected chi connectivity index (χ3v) is 2.96. The van der Waals surface area contributed by atoms with E-state index in [2.05, 4.69) is 14.9 Å². The van der Waals surface area contributed by atoms with Crippen LogP contribution in [0.1, 0.15) is 0 Å². The summed E-state index contributed by atoms with van der Waals surface area (Å²) in [6.07, 6.45) is 0. The van der Waals surface area contributed by atoms with Gasteiger partial charge in [-0.2, -0.15) is 0 Å². The van der Waals surface area contributed by atoms with Crippen molar-refractivity contribution in [3.8, 4) is 17.1 Å². The molecule has 6 nitrogen and oxygen atoms in total. The van der Waals surface area contributed by atoms with Gasteiger partial charge in [0.1, 0.15) is 11.6 Å². The number of fused-ring (bicyclic) bond motifs is 1. The van der Waals surface area contributed by atoms with Crippen LogP contribution in [0.15, 0.2) is 47.3 Å². The van der Waals surface area contributed by atoms with E-state index in [1.807, 2.05) is 0 Å². The maximum atomic E-state index is 12.1. The highest BCUT2D eigenvalue weighted by molar-refractivity contribution is 5.83. The van der Waals surface area contributed by atoms with Gasteiger partial charge >= 0.3 is 5.69 Å². The third-order valence-electron chi connectivity index (χ3n) is 2.96. The summed E-state index contributed by atoms with van der Waals surface area (Å²) >= 11 is 0. The maximum absolute atomic E-state index is 12.1. The van der Waals surface area contributed by atoms with E-state index in [4.69, 9.17) is 5.39 Å². The fourth-order valence-corrected chi connectivity index (χ4v) is 1.99. The molecule has 0 atom stereocenters. The van der Waals surface area contributed by atoms with Crippen LogP contribution in [-0.4, -0.2) is 15.1 Å². The van der Waals surface area contributed by atoms with Gasteiger partial charge in [0, 0.05) is 12.1 Å². The van der Waals surface area contributed by atoms with E-state index in [-0.39, 0.29) is 22.8 Å². The first-order valence-corrected chi connectivity index (χ1v) is 5.86. The molecule has 0 amide bonds. The van der Waals surface area contributed by atoms with Crippen molar-refractivity contribution in [2.45, 2.75) is 0 Å². The van der Waals surface area contributed by atoms with Gasteiger partial charge in [-0.05, 0) is 18.2 Å². The van der Waals surface area contributed by atoms with Crippen molar-refractivity contribution >= 4 is 16.6 Å². The number of rotatable bonds is 1. The lowest BCUT2D eigenvalue weighted by atomic mass is 10.1. The van der Waals surface area contributed by atoms with Crippen molar-refractivity contribution in [2.24, 2.45) is 0 Å². The summed E-state index contributed by atoms with van der Waals surface area (Å²) in [5, 5.41) is 18.8. The number of para-hydroxylation sites is 1. The van der Waals surface area contributed by atoms with Gasteiger partial charge in [-0.3, -0.25) is 4.79 Å². The highest BCUT2D eigenvalue weighted by Gasteiger charge is 2.12. The van der Waals surface area contributed by atoms with E-state index in [0.29, 0.717) is 16.5 Å². The van der Waals surface area contributed by atoms with Crippen LogP contribution in [0.25, 0.3) is 27.3 Å². The van der Waals surface area contributed by atoms with E-state index < -0.39 is 0 Å². The summed E-state index contributed by atoms with van der Waals surface area (Å²) in [6, 6.07) is 11.2. The first kappa shape index (κ1) is 11.9. The van der Waals surface area contributed by atoms with Gasteiger partial charge in [0.05, 0.1) is 16.5 Å². The Bertz CT molecular complexity index is 909. The molecule has 3 rings (SSSR count). The Morgan fingerprint density at radius 3 is 2.75 bits per heavy atom. The lowest BCUT2D eigenvalue weighted by molar-refractivity contribution is 0.477. The van der Waals surface area contributed by atoms with E-state index in [1.165, 1.54) is 12.1 Å². The number of hydrogen-bond acceptors (Lipinski definition) is 4. The molecule has 0 radical (unpaired) electrons. The Morgan fingerprint density at radius 2 is 2.00 bits per heavy atom. The minimum absolute atomic E-state index is 0.0389. The van der Waals surface area contributed by atoms with Crippen LogP contribution in [0.4, 0.5) is 5.69 Å². The minimum atomic E-state index is -0.362. The molecule has 3 aromatic rings. The third kappa shape index (κ3) is 1.87. The van der Waals surface area contributed by atoms with Crippen molar-refractivity contribution in [3.05, 3.63) is 57.8 Å². The first-order chi connectivity index (χ1) is 9.69. The van der Waals surface area contributed by atoms with Crippen molar-refractivity contribution in [3.63, 3.8) is 0 Å². The average molecular weight is 265 g/mol. The second kappa shape index (κ2) is 4.48. The van der Waals surface area contributed by atoms with Crippen molar-refractivity contribution in [1.82, 2.24) is 9.97 Å². The predicted molar refractivity (Wildman–Crippen MR) is 74.2 cm³/mol. The molecule has 0 saturated heterocycles. The maximum Gasteiger partial charge on any atom is 0.386 e. The van der Waals surface area contributed by atoms with E-state index in [0.717, 1.165) is 0 Å². The molecule has 0 fully saturated rings. The number of diazo groups is 1. The lowest BCUT2D eigenvalue weighted by Gasteiger charge is -2.04. The Hall–Kier alpha value is -3.20. The highest BCUT2D eigenvalue weighted by Crippen LogP contribution is 2.26. The van der Waals surface area contributed by atoms with Gasteiger partial charge in [-0.1, -0.05) is 12.1 Å². The zero-order chi connectivity index (χ0) is 14.1. The van der Waals surface area contributed by atoms with Gasteiger partial charge in [0.25, 0.3) is 5.56 Å². The Morgan fingerprint density at radius 1 is 1.20 bits per heavy atom. The van der Waals surface area contributed by atoms with Crippen molar-refractivity contribution in [2.75, 3.05) is 0 Å². The number of phenols is 1. The smallest absolute Gasteiger partial charge is 0.386 e. The summed E-state index contributed by atoms with van der Waals surface area (Å²) in [5.41, 5.74) is 0.820. The number of benzene rings is 2. The number of H-pyrrole nitrogens is 1. The van der Waals surface area contributed by atoms with Crippen molar-refractivity contribution < 1.29 is 5.11 Å². The van der Waals surface area contributed by atoms with Gasteiger partial charge in [-0.25, -0.2) is 4.98 Å². The predicted octanol–water partition coefficient (Wildman–Crippen LogP) is 2.78. The first-order valence-electron chi connectivity index (χ1n) is 5.86. The molecule has 1 heterocycles. The van der Waals surface area contributed by atoms with E-state index in [1.54, 1.807) is 30.3 Å². The molecule has 1 aromatic heterocycles. The van der Waals surface area contributed by atoms with E-state index >= 15 is 0 Å². The summed E-state index contributed by atoms with van der Waals surface area (Å²) in [5.74, 6) is 0.325. The van der Waals surface area contributed by atoms with Crippen LogP contribution in [0.2, 0.25) is 0 Å². The Kier molecular flexibility index (Phi) is 2.66. The zero-order valence-electron chi connectivity index (χ0n) is 10.2. The van der Waals surface area contributed by atoms with Crippen LogP contribution in [0, 0.1) is 5.39 Å². The molecule has 2 aromatic carbocycles. The molecular formula is C14H9N4O2+. The molecule has 0 bridgehead atoms. The van der Waals surface area contributed by atoms with Crippen LogP contribution >= 0.6 is 0 Å². The number of phenolic OH excluding ortho intramolecular Hbond substituents is 1. The Balaban J connectivity index is 2.29. The summed E-state index contributed by atoms with van der Waals surface area (Å²) in [7, 11) is 0. The number of nitrogens with zero attached hydrogens (tertiary/aromatic N) is 3. The molecule has 0 unspecified atom stereocenters. The molecule has 0 aliphatic carbocycles. The van der Waals surface area contributed by atoms with E-state index in [9.17, 15) is 9.90 Å².